The largest absolute Gasteiger partial charge is 0.467 e. The second-order valence-electron chi connectivity index (χ2n) is 5.26. The van der Waals surface area contributed by atoms with Gasteiger partial charge in [0.15, 0.2) is 0 Å². The summed E-state index contributed by atoms with van der Waals surface area (Å²) in [6.45, 7) is 2.66. The summed E-state index contributed by atoms with van der Waals surface area (Å²) in [5.74, 6) is 0.838. The van der Waals surface area contributed by atoms with Crippen molar-refractivity contribution < 1.29 is 9.21 Å². The molecule has 0 saturated carbocycles. The monoisotopic (exact) mass is 304 g/mol. The first-order valence-electron chi connectivity index (χ1n) is 7.02. The molecule has 21 heavy (non-hydrogen) atoms. The van der Waals surface area contributed by atoms with Gasteiger partial charge in [0.2, 0.25) is 0 Å². The Labute approximate surface area is 128 Å². The lowest BCUT2D eigenvalue weighted by molar-refractivity contribution is 0.200. The Morgan fingerprint density at radius 3 is 3.00 bits per heavy atom. The predicted molar refractivity (Wildman–Crippen MR) is 82.6 cm³/mol. The number of nitrogens with zero attached hydrogens (tertiary/aromatic N) is 1. The van der Waals surface area contributed by atoms with Crippen LogP contribution in [0.25, 0.3) is 0 Å². The third-order valence-electron chi connectivity index (χ3n) is 3.81. The van der Waals surface area contributed by atoms with E-state index in [1.165, 1.54) is 0 Å². The Morgan fingerprint density at radius 2 is 2.29 bits per heavy atom. The number of hydrogen-bond acceptors (Lipinski definition) is 2. The van der Waals surface area contributed by atoms with Crippen LogP contribution in [0.5, 0.6) is 0 Å². The SMILES string of the molecule is Cc1ccc(NC(=O)N2CCC[C@@H]2c2ccco2)cc1Cl. The van der Waals surface area contributed by atoms with E-state index in [9.17, 15) is 4.79 Å². The van der Waals surface area contributed by atoms with Gasteiger partial charge in [-0.2, -0.15) is 0 Å². The van der Waals surface area contributed by atoms with Crippen molar-refractivity contribution in [3.63, 3.8) is 0 Å². The van der Waals surface area contributed by atoms with Crippen molar-refractivity contribution in [2.75, 3.05) is 11.9 Å². The number of likely N-dealkylation sites (tertiary alicyclic amines) is 1. The van der Waals surface area contributed by atoms with Gasteiger partial charge in [-0.25, -0.2) is 4.79 Å². The number of nitrogens with one attached hydrogen (secondary N) is 1. The summed E-state index contributed by atoms with van der Waals surface area (Å²) in [6.07, 6.45) is 3.55. The average Bonchev–Trinajstić information content (AvgIpc) is 3.12. The number of urea groups is 1. The third-order valence-corrected chi connectivity index (χ3v) is 4.22. The number of carbonyl (C=O) groups is 1. The Hall–Kier alpha value is -1.94. The Bertz CT molecular complexity index is 640. The lowest BCUT2D eigenvalue weighted by Crippen LogP contribution is -2.34. The molecule has 1 saturated heterocycles. The molecule has 1 aliphatic rings. The van der Waals surface area contributed by atoms with Crippen molar-refractivity contribution in [2.45, 2.75) is 25.8 Å². The molecule has 110 valence electrons. The maximum absolute atomic E-state index is 12.4. The molecule has 1 atom stereocenters. The fourth-order valence-electron chi connectivity index (χ4n) is 2.65. The topological polar surface area (TPSA) is 45.5 Å². The number of furan rings is 1. The molecule has 2 heterocycles. The molecule has 0 bridgehead atoms. The van der Waals surface area contributed by atoms with Crippen molar-refractivity contribution in [1.29, 1.82) is 0 Å². The number of benzene rings is 1. The van der Waals surface area contributed by atoms with Gasteiger partial charge in [0.1, 0.15) is 5.76 Å². The van der Waals surface area contributed by atoms with Crippen molar-refractivity contribution in [1.82, 2.24) is 4.90 Å². The fraction of sp³-hybridized carbons (Fsp3) is 0.312. The highest BCUT2D eigenvalue weighted by Gasteiger charge is 2.31. The highest BCUT2D eigenvalue weighted by molar-refractivity contribution is 6.31. The van der Waals surface area contributed by atoms with Crippen LogP contribution >= 0.6 is 11.6 Å². The summed E-state index contributed by atoms with van der Waals surface area (Å²) in [5.41, 5.74) is 1.70. The fourth-order valence-corrected chi connectivity index (χ4v) is 2.83. The van der Waals surface area contributed by atoms with E-state index < -0.39 is 0 Å². The van der Waals surface area contributed by atoms with E-state index in [2.05, 4.69) is 5.32 Å². The van der Waals surface area contributed by atoms with E-state index in [-0.39, 0.29) is 12.1 Å². The van der Waals surface area contributed by atoms with Gasteiger partial charge in [-0.05, 0) is 49.6 Å². The van der Waals surface area contributed by atoms with Gasteiger partial charge in [0.25, 0.3) is 0 Å². The molecule has 3 rings (SSSR count). The first kappa shape index (κ1) is 14.0. The van der Waals surface area contributed by atoms with Crippen LogP contribution in [-0.4, -0.2) is 17.5 Å². The highest BCUT2D eigenvalue weighted by Crippen LogP contribution is 2.32. The standard InChI is InChI=1S/C16H17ClN2O2/c1-11-6-7-12(10-13(11)17)18-16(20)19-8-2-4-14(19)15-5-3-9-21-15/h3,5-7,9-10,14H,2,4,8H2,1H3,(H,18,20)/t14-/m1/s1. The molecular weight excluding hydrogens is 288 g/mol. The second kappa shape index (κ2) is 5.82. The molecule has 1 fully saturated rings. The molecular formula is C16H17ClN2O2. The second-order valence-corrected chi connectivity index (χ2v) is 5.67. The lowest BCUT2D eigenvalue weighted by atomic mass is 10.2. The summed E-state index contributed by atoms with van der Waals surface area (Å²) in [5, 5.41) is 3.55. The molecule has 0 unspecified atom stereocenters. The molecule has 2 aromatic rings. The van der Waals surface area contributed by atoms with Gasteiger partial charge >= 0.3 is 6.03 Å². The molecule has 5 heteroatoms. The number of carbonyl (C=O) groups excluding carboxylic acids is 1. The van der Waals surface area contributed by atoms with Crippen LogP contribution in [0.15, 0.2) is 41.0 Å². The smallest absolute Gasteiger partial charge is 0.322 e. The van der Waals surface area contributed by atoms with Gasteiger partial charge < -0.3 is 14.6 Å². The van der Waals surface area contributed by atoms with Crippen LogP contribution in [0.2, 0.25) is 5.02 Å². The van der Waals surface area contributed by atoms with Crippen LogP contribution in [0.4, 0.5) is 10.5 Å². The minimum absolute atomic E-state index is 0.0147. The van der Waals surface area contributed by atoms with Crippen LogP contribution < -0.4 is 5.32 Å². The maximum atomic E-state index is 12.4. The molecule has 1 aromatic carbocycles. The Balaban J connectivity index is 1.73. The molecule has 0 radical (unpaired) electrons. The van der Waals surface area contributed by atoms with E-state index in [1.807, 2.05) is 36.1 Å². The molecule has 1 aromatic heterocycles. The normalized spacial score (nSPS) is 18.0. The van der Waals surface area contributed by atoms with Crippen LogP contribution in [0.3, 0.4) is 0 Å². The van der Waals surface area contributed by atoms with Crippen molar-refractivity contribution in [3.8, 4) is 0 Å². The van der Waals surface area contributed by atoms with Crippen LogP contribution in [-0.2, 0) is 0 Å². The Kier molecular flexibility index (Phi) is 3.88. The molecule has 0 spiro atoms. The zero-order valence-electron chi connectivity index (χ0n) is 11.8. The van der Waals surface area contributed by atoms with Gasteiger partial charge in [-0.3, -0.25) is 0 Å². The van der Waals surface area contributed by atoms with Crippen molar-refractivity contribution >= 4 is 23.3 Å². The number of amides is 2. The molecule has 2 amide bonds. The first-order valence-corrected chi connectivity index (χ1v) is 7.40. The van der Waals surface area contributed by atoms with Gasteiger partial charge in [-0.1, -0.05) is 17.7 Å². The van der Waals surface area contributed by atoms with Crippen molar-refractivity contribution in [2.24, 2.45) is 0 Å². The summed E-state index contributed by atoms with van der Waals surface area (Å²) >= 11 is 6.09. The Morgan fingerprint density at radius 1 is 1.43 bits per heavy atom. The quantitative estimate of drug-likeness (QED) is 0.880. The summed E-state index contributed by atoms with van der Waals surface area (Å²) in [6, 6.07) is 9.19. The number of anilines is 1. The summed E-state index contributed by atoms with van der Waals surface area (Å²) in [4.78, 5) is 14.3. The van der Waals surface area contributed by atoms with E-state index in [4.69, 9.17) is 16.0 Å². The zero-order chi connectivity index (χ0) is 14.8. The molecule has 4 nitrogen and oxygen atoms in total. The summed E-state index contributed by atoms with van der Waals surface area (Å²) < 4.78 is 5.44. The minimum atomic E-state index is -0.117. The summed E-state index contributed by atoms with van der Waals surface area (Å²) in [7, 11) is 0. The predicted octanol–water partition coefficient (Wildman–Crippen LogP) is 4.61. The van der Waals surface area contributed by atoms with Crippen LogP contribution in [0.1, 0.15) is 30.2 Å². The minimum Gasteiger partial charge on any atom is -0.467 e. The number of aryl methyl sites for hydroxylation is 1. The van der Waals surface area contributed by atoms with E-state index in [0.29, 0.717) is 10.7 Å². The third kappa shape index (κ3) is 2.90. The average molecular weight is 305 g/mol. The number of rotatable bonds is 2. The van der Waals surface area contributed by atoms with Crippen LogP contribution in [0, 0.1) is 6.92 Å². The van der Waals surface area contributed by atoms with E-state index >= 15 is 0 Å². The van der Waals surface area contributed by atoms with E-state index in [1.54, 1.807) is 12.3 Å². The van der Waals surface area contributed by atoms with E-state index in [0.717, 1.165) is 30.7 Å². The molecule has 1 aliphatic heterocycles. The van der Waals surface area contributed by atoms with Gasteiger partial charge in [0, 0.05) is 17.3 Å². The number of halogens is 1. The lowest BCUT2D eigenvalue weighted by Gasteiger charge is -2.23. The first-order chi connectivity index (χ1) is 10.1. The van der Waals surface area contributed by atoms with Gasteiger partial charge in [0.05, 0.1) is 12.3 Å². The van der Waals surface area contributed by atoms with Gasteiger partial charge in [-0.15, -0.1) is 0 Å². The highest BCUT2D eigenvalue weighted by atomic mass is 35.5. The molecule has 0 aliphatic carbocycles. The number of hydrogen-bond donors (Lipinski definition) is 1. The zero-order valence-corrected chi connectivity index (χ0v) is 12.6. The maximum Gasteiger partial charge on any atom is 0.322 e. The van der Waals surface area contributed by atoms with Crippen molar-refractivity contribution in [3.05, 3.63) is 52.9 Å². The molecule has 1 N–H and O–H groups in total.